The zero-order valence-corrected chi connectivity index (χ0v) is 24.7. The third-order valence-corrected chi connectivity index (χ3v) is 9.28. The maximum atomic E-state index is 13.8. The number of halogens is 3. The number of thiophene rings is 1. The lowest BCUT2D eigenvalue weighted by Crippen LogP contribution is -2.68. The van der Waals surface area contributed by atoms with Gasteiger partial charge in [-0.3, -0.25) is 0 Å². The van der Waals surface area contributed by atoms with Crippen LogP contribution in [0.25, 0.3) is 10.6 Å². The summed E-state index contributed by atoms with van der Waals surface area (Å²) in [6, 6.07) is 4.30. The van der Waals surface area contributed by atoms with E-state index in [2.05, 4.69) is 42.7 Å². The van der Waals surface area contributed by atoms with Crippen LogP contribution in [0.3, 0.4) is 0 Å². The molecular formula is C27H28BrF2N5O5S. The molecule has 3 aliphatic rings. The molecule has 3 aromatic rings. The minimum atomic E-state index is -2.91. The fourth-order valence-electron chi connectivity index (χ4n) is 5.53. The molecule has 0 saturated carbocycles. The van der Waals surface area contributed by atoms with Crippen LogP contribution >= 0.6 is 27.3 Å². The van der Waals surface area contributed by atoms with Crippen LogP contribution in [-0.2, 0) is 14.3 Å². The van der Waals surface area contributed by atoms with Gasteiger partial charge in [0.2, 0.25) is 5.88 Å². The maximum absolute atomic E-state index is 13.8. The van der Waals surface area contributed by atoms with Crippen molar-refractivity contribution < 1.29 is 32.9 Å². The maximum Gasteiger partial charge on any atom is 0.326 e. The van der Waals surface area contributed by atoms with E-state index in [4.69, 9.17) is 14.2 Å². The predicted molar refractivity (Wildman–Crippen MR) is 151 cm³/mol. The van der Waals surface area contributed by atoms with Crippen molar-refractivity contribution in [2.75, 3.05) is 42.7 Å². The summed E-state index contributed by atoms with van der Waals surface area (Å²) in [7, 11) is 0. The zero-order chi connectivity index (χ0) is 28.9. The van der Waals surface area contributed by atoms with Gasteiger partial charge in [-0.15, -0.1) is 11.3 Å². The van der Waals surface area contributed by atoms with Crippen LogP contribution in [0.2, 0.25) is 0 Å². The topological polar surface area (TPSA) is 110 Å². The Morgan fingerprint density at radius 2 is 2.07 bits per heavy atom. The Bertz CT molecular complexity index is 1460. The molecular weight excluding hydrogens is 624 g/mol. The Labute approximate surface area is 247 Å². The fourth-order valence-corrected chi connectivity index (χ4v) is 6.71. The van der Waals surface area contributed by atoms with Crippen molar-refractivity contribution in [2.24, 2.45) is 0 Å². The molecule has 3 aromatic heterocycles. The average molecular weight is 653 g/mol. The van der Waals surface area contributed by atoms with Gasteiger partial charge in [-0.1, -0.05) is 0 Å². The summed E-state index contributed by atoms with van der Waals surface area (Å²) >= 11 is 4.89. The molecule has 0 bridgehead atoms. The van der Waals surface area contributed by atoms with Gasteiger partial charge < -0.3 is 29.1 Å². The van der Waals surface area contributed by atoms with E-state index < -0.39 is 36.0 Å². The molecule has 3 atom stereocenters. The zero-order valence-electron chi connectivity index (χ0n) is 22.3. The first-order chi connectivity index (χ1) is 19.6. The van der Waals surface area contributed by atoms with Gasteiger partial charge in [0.05, 0.1) is 43.0 Å². The molecule has 0 aromatic carbocycles. The normalized spacial score (nSPS) is 23.7. The standard InChI is InChI=1S/C27H28BrF2N5O5S/c1-14-5-21(41-11-14)18-8-22(33-24(32-18)23(29)30)35-10-17(7-20(35)26(36)37)40-25-19(6-16(28)9-31-25)34-3-4-39-27(15(34)2)12-38-13-27/h5-6,8-9,11,15,17,20,23H,3-4,7,10,12-13H2,1-2H3,(H,36,37)/t15-,17-,20-/m0/s1. The molecule has 0 amide bonds. The largest absolute Gasteiger partial charge is 0.480 e. The van der Waals surface area contributed by atoms with Crippen LogP contribution in [-0.4, -0.2) is 82.7 Å². The Kier molecular flexibility index (Phi) is 7.59. The molecule has 3 fully saturated rings. The molecule has 6 rings (SSSR count). The first-order valence-corrected chi connectivity index (χ1v) is 14.8. The van der Waals surface area contributed by atoms with Crippen molar-refractivity contribution >= 4 is 44.7 Å². The predicted octanol–water partition coefficient (Wildman–Crippen LogP) is 4.71. The van der Waals surface area contributed by atoms with Crippen LogP contribution in [0.15, 0.2) is 34.2 Å². The SMILES string of the molecule is Cc1csc(-c2cc(N3C[C@@H](Oc4ncc(Br)cc4N4CCOC5(COC5)[C@@H]4C)C[C@H]3C(=O)O)nc(C(F)F)n2)c1. The van der Waals surface area contributed by atoms with Crippen molar-refractivity contribution in [3.8, 4) is 16.5 Å². The van der Waals surface area contributed by atoms with E-state index in [-0.39, 0.29) is 24.8 Å². The van der Waals surface area contributed by atoms with E-state index in [1.807, 2.05) is 24.4 Å². The molecule has 10 nitrogen and oxygen atoms in total. The number of pyridine rings is 1. The highest BCUT2D eigenvalue weighted by Crippen LogP contribution is 2.40. The number of carbonyl (C=O) groups is 1. The van der Waals surface area contributed by atoms with E-state index >= 15 is 0 Å². The molecule has 1 spiro atoms. The fraction of sp³-hybridized carbons (Fsp3) is 0.481. The van der Waals surface area contributed by atoms with Crippen molar-refractivity contribution in [1.29, 1.82) is 0 Å². The molecule has 0 radical (unpaired) electrons. The highest BCUT2D eigenvalue weighted by atomic mass is 79.9. The summed E-state index contributed by atoms with van der Waals surface area (Å²) in [6.07, 6.45) is -1.76. The second-order valence-corrected chi connectivity index (χ2v) is 12.3. The summed E-state index contributed by atoms with van der Waals surface area (Å²) in [5.41, 5.74) is 1.66. The number of carboxylic acids is 1. The van der Waals surface area contributed by atoms with Crippen molar-refractivity contribution in [3.05, 3.63) is 45.6 Å². The number of rotatable bonds is 7. The Balaban J connectivity index is 1.29. The highest BCUT2D eigenvalue weighted by Gasteiger charge is 2.50. The summed E-state index contributed by atoms with van der Waals surface area (Å²) in [5, 5.41) is 12.0. The lowest BCUT2D eigenvalue weighted by Gasteiger charge is -2.53. The third-order valence-electron chi connectivity index (χ3n) is 7.78. The molecule has 218 valence electrons. The summed E-state index contributed by atoms with van der Waals surface area (Å²) in [5.74, 6) is -1.27. The first kappa shape index (κ1) is 28.2. The summed E-state index contributed by atoms with van der Waals surface area (Å²) < 4.78 is 46.3. The highest BCUT2D eigenvalue weighted by molar-refractivity contribution is 9.10. The van der Waals surface area contributed by atoms with E-state index in [0.29, 0.717) is 42.8 Å². The summed E-state index contributed by atoms with van der Waals surface area (Å²) in [4.78, 5) is 29.4. The lowest BCUT2D eigenvalue weighted by atomic mass is 9.90. The molecule has 0 aliphatic carbocycles. The molecule has 3 saturated heterocycles. The van der Waals surface area contributed by atoms with Crippen molar-refractivity contribution in [3.63, 3.8) is 0 Å². The number of anilines is 2. The number of aryl methyl sites for hydroxylation is 1. The Morgan fingerprint density at radius 3 is 2.73 bits per heavy atom. The van der Waals surface area contributed by atoms with Gasteiger partial charge in [-0.2, -0.15) is 0 Å². The van der Waals surface area contributed by atoms with Crippen LogP contribution in [0.4, 0.5) is 20.3 Å². The molecule has 41 heavy (non-hydrogen) atoms. The number of hydrogen-bond donors (Lipinski definition) is 1. The minimum Gasteiger partial charge on any atom is -0.480 e. The Morgan fingerprint density at radius 1 is 1.27 bits per heavy atom. The van der Waals surface area contributed by atoms with Crippen LogP contribution < -0.4 is 14.5 Å². The molecule has 3 aliphatic heterocycles. The minimum absolute atomic E-state index is 0.0107. The number of aliphatic carboxylic acids is 1. The van der Waals surface area contributed by atoms with Gasteiger partial charge in [0.25, 0.3) is 6.43 Å². The number of aromatic nitrogens is 3. The number of hydrogen-bond acceptors (Lipinski definition) is 10. The van der Waals surface area contributed by atoms with E-state index in [1.165, 1.54) is 16.2 Å². The number of morpholine rings is 1. The van der Waals surface area contributed by atoms with Gasteiger partial charge >= 0.3 is 5.97 Å². The van der Waals surface area contributed by atoms with Gasteiger partial charge in [0, 0.05) is 29.7 Å². The van der Waals surface area contributed by atoms with Gasteiger partial charge in [0.15, 0.2) is 5.82 Å². The second kappa shape index (κ2) is 11.0. The third kappa shape index (κ3) is 5.38. The Hall–Kier alpha value is -2.94. The number of nitrogens with zero attached hydrogens (tertiary/aromatic N) is 5. The van der Waals surface area contributed by atoms with Gasteiger partial charge in [0.1, 0.15) is 29.3 Å². The van der Waals surface area contributed by atoms with Crippen LogP contribution in [0.1, 0.15) is 31.2 Å². The average Bonchev–Trinajstić information content (AvgIpc) is 3.55. The quantitative estimate of drug-likeness (QED) is 0.386. The monoisotopic (exact) mass is 651 g/mol. The molecule has 6 heterocycles. The molecule has 14 heteroatoms. The number of carboxylic acid groups (broad SMARTS) is 1. The van der Waals surface area contributed by atoms with Crippen LogP contribution in [0.5, 0.6) is 5.88 Å². The first-order valence-electron chi connectivity index (χ1n) is 13.2. The smallest absolute Gasteiger partial charge is 0.326 e. The molecule has 0 unspecified atom stereocenters. The van der Waals surface area contributed by atoms with Crippen molar-refractivity contribution in [1.82, 2.24) is 15.0 Å². The lowest BCUT2D eigenvalue weighted by molar-refractivity contribution is -0.228. The van der Waals surface area contributed by atoms with Crippen molar-refractivity contribution in [2.45, 2.75) is 50.5 Å². The number of ether oxygens (including phenoxy) is 3. The van der Waals surface area contributed by atoms with Gasteiger partial charge in [-0.25, -0.2) is 28.5 Å². The molecule has 1 N–H and O–H groups in total. The van der Waals surface area contributed by atoms with E-state index in [9.17, 15) is 18.7 Å². The van der Waals surface area contributed by atoms with Gasteiger partial charge in [-0.05, 0) is 52.9 Å². The summed E-state index contributed by atoms with van der Waals surface area (Å²) in [6.45, 7) is 6.25. The van der Waals surface area contributed by atoms with E-state index in [0.717, 1.165) is 15.7 Å². The number of alkyl halides is 2. The second-order valence-electron chi connectivity index (χ2n) is 10.5. The van der Waals surface area contributed by atoms with E-state index in [1.54, 1.807) is 12.3 Å². The van der Waals surface area contributed by atoms with Crippen LogP contribution in [0, 0.1) is 6.92 Å².